The third kappa shape index (κ3) is 4.32. The molecule has 0 radical (unpaired) electrons. The fraction of sp³-hybridized carbons (Fsp3) is 0.143. The van der Waals surface area contributed by atoms with Gasteiger partial charge in [0.15, 0.2) is 0 Å². The molecule has 0 saturated heterocycles. The maximum absolute atomic E-state index is 13.9. The minimum atomic E-state index is -1.22. The van der Waals surface area contributed by atoms with Crippen LogP contribution in [0.25, 0.3) is 16.3 Å². The number of halogens is 2. The van der Waals surface area contributed by atoms with Gasteiger partial charge in [-0.05, 0) is 31.2 Å². The normalized spacial score (nSPS) is 12.2. The van der Waals surface area contributed by atoms with Crippen molar-refractivity contribution in [2.75, 3.05) is 0 Å². The Bertz CT molecular complexity index is 1170. The molecule has 1 unspecified atom stereocenters. The second-order valence-corrected chi connectivity index (χ2v) is 9.13. The van der Waals surface area contributed by atoms with Gasteiger partial charge in [-0.1, -0.05) is 41.9 Å². The molecule has 0 bridgehead atoms. The van der Waals surface area contributed by atoms with Crippen LogP contribution in [0.3, 0.4) is 0 Å². The standard InChI is InChI=1S/C21H17ClFN3OS2/c1-14-18(20(22)26(25-14)16-7-3-2-4-8-16)13-29(27)12-15-11-28-21(24-15)17-9-5-6-10-19(17)23/h2-11H,12-13H2,1H3. The van der Waals surface area contributed by atoms with Crippen LogP contribution in [0.4, 0.5) is 4.39 Å². The van der Waals surface area contributed by atoms with Gasteiger partial charge in [0.2, 0.25) is 0 Å². The maximum atomic E-state index is 13.9. The van der Waals surface area contributed by atoms with E-state index in [-0.39, 0.29) is 17.3 Å². The number of hydrogen-bond acceptors (Lipinski definition) is 4. The Morgan fingerprint density at radius 3 is 2.59 bits per heavy atom. The summed E-state index contributed by atoms with van der Waals surface area (Å²) in [4.78, 5) is 4.45. The average Bonchev–Trinajstić information content (AvgIpc) is 3.29. The highest BCUT2D eigenvalue weighted by Crippen LogP contribution is 2.28. The Morgan fingerprint density at radius 1 is 1.10 bits per heavy atom. The fourth-order valence-corrected chi connectivity index (χ4v) is 5.56. The monoisotopic (exact) mass is 445 g/mol. The van der Waals surface area contributed by atoms with Crippen LogP contribution in [0.1, 0.15) is 17.0 Å². The lowest BCUT2D eigenvalue weighted by atomic mass is 10.2. The molecule has 0 aliphatic heterocycles. The largest absolute Gasteiger partial charge is 0.259 e. The molecule has 0 saturated carbocycles. The van der Waals surface area contributed by atoms with E-state index in [0.717, 1.165) is 16.9 Å². The van der Waals surface area contributed by atoms with Crippen LogP contribution in [-0.4, -0.2) is 19.0 Å². The molecule has 0 aliphatic carbocycles. The Balaban J connectivity index is 1.50. The number of nitrogens with zero attached hydrogens (tertiary/aromatic N) is 3. The Morgan fingerprint density at radius 2 is 1.83 bits per heavy atom. The lowest BCUT2D eigenvalue weighted by Gasteiger charge is -2.03. The van der Waals surface area contributed by atoms with Crippen LogP contribution in [0.5, 0.6) is 0 Å². The highest BCUT2D eigenvalue weighted by molar-refractivity contribution is 7.83. The summed E-state index contributed by atoms with van der Waals surface area (Å²) in [6.45, 7) is 1.86. The third-order valence-electron chi connectivity index (χ3n) is 4.39. The zero-order valence-electron chi connectivity index (χ0n) is 15.5. The number of aryl methyl sites for hydroxylation is 1. The quantitative estimate of drug-likeness (QED) is 0.391. The van der Waals surface area contributed by atoms with Crippen LogP contribution in [0, 0.1) is 12.7 Å². The molecule has 4 rings (SSSR count). The summed E-state index contributed by atoms with van der Waals surface area (Å²) in [7, 11) is -1.22. The van der Waals surface area contributed by atoms with Gasteiger partial charge in [-0.25, -0.2) is 14.1 Å². The van der Waals surface area contributed by atoms with Crippen molar-refractivity contribution in [3.63, 3.8) is 0 Å². The van der Waals surface area contributed by atoms with Crippen LogP contribution >= 0.6 is 22.9 Å². The summed E-state index contributed by atoms with van der Waals surface area (Å²) in [5, 5.41) is 7.36. The van der Waals surface area contributed by atoms with Crippen LogP contribution in [-0.2, 0) is 22.3 Å². The second kappa shape index (κ2) is 8.57. The van der Waals surface area contributed by atoms with Gasteiger partial charge < -0.3 is 0 Å². The molecule has 2 aromatic carbocycles. The minimum absolute atomic E-state index is 0.275. The Kier molecular flexibility index (Phi) is 5.89. The topological polar surface area (TPSA) is 47.8 Å². The van der Waals surface area contributed by atoms with Gasteiger partial charge in [0.1, 0.15) is 16.0 Å². The highest BCUT2D eigenvalue weighted by Gasteiger charge is 2.18. The third-order valence-corrected chi connectivity index (χ3v) is 6.93. The SMILES string of the molecule is Cc1nn(-c2ccccc2)c(Cl)c1CS(=O)Cc1csc(-c2ccccc2F)n1. The van der Waals surface area contributed by atoms with Gasteiger partial charge in [-0.15, -0.1) is 11.3 Å². The summed E-state index contributed by atoms with van der Waals surface area (Å²) < 4.78 is 28.4. The summed E-state index contributed by atoms with van der Waals surface area (Å²) in [5.41, 5.74) is 3.50. The Labute approximate surface area is 179 Å². The molecule has 0 N–H and O–H groups in total. The molecule has 8 heteroatoms. The van der Waals surface area contributed by atoms with E-state index in [2.05, 4.69) is 10.1 Å². The van der Waals surface area contributed by atoms with Gasteiger partial charge in [-0.2, -0.15) is 5.10 Å². The van der Waals surface area contributed by atoms with E-state index < -0.39 is 10.8 Å². The van der Waals surface area contributed by atoms with Crippen molar-refractivity contribution in [2.24, 2.45) is 0 Å². The zero-order chi connectivity index (χ0) is 20.4. The molecule has 0 aliphatic rings. The van der Waals surface area contributed by atoms with E-state index in [0.29, 0.717) is 21.4 Å². The molecule has 0 spiro atoms. The Hall–Kier alpha value is -2.35. The van der Waals surface area contributed by atoms with Gasteiger partial charge >= 0.3 is 0 Å². The number of hydrogen-bond donors (Lipinski definition) is 0. The average molecular weight is 446 g/mol. The lowest BCUT2D eigenvalue weighted by molar-refractivity contribution is 0.631. The van der Waals surface area contributed by atoms with E-state index in [1.165, 1.54) is 17.4 Å². The van der Waals surface area contributed by atoms with Crippen molar-refractivity contribution in [1.82, 2.24) is 14.8 Å². The molecule has 0 amide bonds. The lowest BCUT2D eigenvalue weighted by Crippen LogP contribution is -2.01. The number of aromatic nitrogens is 3. The summed E-state index contributed by atoms with van der Waals surface area (Å²) in [6, 6.07) is 16.1. The number of rotatable bonds is 6. The molecular formula is C21H17ClFN3OS2. The first-order valence-corrected chi connectivity index (χ1v) is 11.6. The van der Waals surface area contributed by atoms with Crippen molar-refractivity contribution in [3.05, 3.63) is 87.9 Å². The zero-order valence-corrected chi connectivity index (χ0v) is 17.9. The number of benzene rings is 2. The van der Waals surface area contributed by atoms with E-state index in [1.54, 1.807) is 22.9 Å². The van der Waals surface area contributed by atoms with E-state index in [9.17, 15) is 8.60 Å². The number of para-hydroxylation sites is 1. The van der Waals surface area contributed by atoms with Gasteiger partial charge in [0.05, 0.1) is 28.6 Å². The van der Waals surface area contributed by atoms with E-state index >= 15 is 0 Å². The summed E-state index contributed by atoms with van der Waals surface area (Å²) >= 11 is 7.87. The molecule has 29 heavy (non-hydrogen) atoms. The first-order valence-electron chi connectivity index (χ1n) is 8.86. The first-order chi connectivity index (χ1) is 14.0. The first kappa shape index (κ1) is 19.9. The van der Waals surface area contributed by atoms with Crippen LogP contribution in [0.15, 0.2) is 60.0 Å². The molecule has 148 valence electrons. The summed E-state index contributed by atoms with van der Waals surface area (Å²) in [5.74, 6) is 0.242. The maximum Gasteiger partial charge on any atom is 0.137 e. The predicted octanol–water partition coefficient (Wildman–Crippen LogP) is 5.55. The number of thiazole rings is 1. The molecule has 1 atom stereocenters. The van der Waals surface area contributed by atoms with E-state index in [4.69, 9.17) is 11.6 Å². The van der Waals surface area contributed by atoms with Crippen molar-refractivity contribution in [2.45, 2.75) is 18.4 Å². The molecule has 4 aromatic rings. The van der Waals surface area contributed by atoms with Crippen LogP contribution in [0.2, 0.25) is 5.15 Å². The molecular weight excluding hydrogens is 429 g/mol. The van der Waals surface area contributed by atoms with Crippen LogP contribution < -0.4 is 0 Å². The highest BCUT2D eigenvalue weighted by atomic mass is 35.5. The second-order valence-electron chi connectivity index (χ2n) is 6.45. The van der Waals surface area contributed by atoms with Gasteiger partial charge in [0, 0.05) is 27.3 Å². The molecule has 0 fully saturated rings. The molecule has 2 aromatic heterocycles. The minimum Gasteiger partial charge on any atom is -0.259 e. The van der Waals surface area contributed by atoms with Crippen molar-refractivity contribution in [3.8, 4) is 16.3 Å². The van der Waals surface area contributed by atoms with Crippen molar-refractivity contribution < 1.29 is 8.60 Å². The fourth-order valence-electron chi connectivity index (χ4n) is 2.94. The smallest absolute Gasteiger partial charge is 0.137 e. The molecule has 4 nitrogen and oxygen atoms in total. The van der Waals surface area contributed by atoms with Gasteiger partial charge in [0.25, 0.3) is 0 Å². The molecule has 2 heterocycles. The summed E-state index contributed by atoms with van der Waals surface area (Å²) in [6.07, 6.45) is 0. The van der Waals surface area contributed by atoms with Crippen molar-refractivity contribution in [1.29, 1.82) is 0 Å². The van der Waals surface area contributed by atoms with Crippen molar-refractivity contribution >= 4 is 33.7 Å². The predicted molar refractivity (Wildman–Crippen MR) is 116 cm³/mol. The van der Waals surface area contributed by atoms with E-state index in [1.807, 2.05) is 42.6 Å². The van der Waals surface area contributed by atoms with Gasteiger partial charge in [-0.3, -0.25) is 4.21 Å².